The summed E-state index contributed by atoms with van der Waals surface area (Å²) in [6.07, 6.45) is 5.41. The molecule has 3 aromatic rings. The maximum absolute atomic E-state index is 5.51. The van der Waals surface area contributed by atoms with Crippen molar-refractivity contribution in [2.75, 3.05) is 54.5 Å². The number of piperidine rings is 1. The third-order valence-corrected chi connectivity index (χ3v) is 6.26. The van der Waals surface area contributed by atoms with Gasteiger partial charge in [0.05, 0.1) is 18.7 Å². The van der Waals surface area contributed by atoms with Crippen LogP contribution in [0.2, 0.25) is 0 Å². The summed E-state index contributed by atoms with van der Waals surface area (Å²) in [5, 5.41) is 4.61. The van der Waals surface area contributed by atoms with E-state index in [9.17, 15) is 0 Å². The van der Waals surface area contributed by atoms with Crippen molar-refractivity contribution >= 4 is 28.5 Å². The van der Waals surface area contributed by atoms with E-state index < -0.39 is 0 Å². The second-order valence-corrected chi connectivity index (χ2v) is 7.95. The first-order chi connectivity index (χ1) is 14.4. The topological polar surface area (TPSA) is 79.3 Å². The molecule has 6 rings (SSSR count). The van der Waals surface area contributed by atoms with Gasteiger partial charge < -0.3 is 19.9 Å². The van der Waals surface area contributed by atoms with Gasteiger partial charge in [0, 0.05) is 74.1 Å². The van der Waals surface area contributed by atoms with Gasteiger partial charge >= 0.3 is 0 Å². The van der Waals surface area contributed by atoms with E-state index >= 15 is 0 Å². The molecule has 0 unspecified atom stereocenters. The van der Waals surface area contributed by atoms with Crippen molar-refractivity contribution < 1.29 is 4.74 Å². The highest BCUT2D eigenvalue weighted by Gasteiger charge is 2.56. The van der Waals surface area contributed by atoms with E-state index in [1.807, 2.05) is 18.3 Å². The second kappa shape index (κ2) is 6.81. The molecule has 1 saturated carbocycles. The number of hydrogen-bond acceptors (Lipinski definition) is 8. The zero-order chi connectivity index (χ0) is 19.2. The van der Waals surface area contributed by atoms with Gasteiger partial charge in [-0.2, -0.15) is 0 Å². The zero-order valence-electron chi connectivity index (χ0n) is 16.1. The fraction of sp³-hybridized carbons (Fsp3) is 0.429. The van der Waals surface area contributed by atoms with Crippen molar-refractivity contribution in [3.05, 3.63) is 42.9 Å². The Morgan fingerprint density at radius 1 is 0.931 bits per heavy atom. The average molecular weight is 389 g/mol. The van der Waals surface area contributed by atoms with Crippen LogP contribution in [0, 0.1) is 11.8 Å². The number of morpholine rings is 1. The Bertz CT molecular complexity index is 1010. The summed E-state index contributed by atoms with van der Waals surface area (Å²) in [5.74, 6) is 4.00. The van der Waals surface area contributed by atoms with Gasteiger partial charge in [-0.3, -0.25) is 4.98 Å². The lowest BCUT2D eigenvalue weighted by atomic mass is 10.2. The van der Waals surface area contributed by atoms with Crippen molar-refractivity contribution in [2.24, 2.45) is 11.8 Å². The summed E-state index contributed by atoms with van der Waals surface area (Å²) in [5.41, 5.74) is 1.01. The molecule has 8 nitrogen and oxygen atoms in total. The summed E-state index contributed by atoms with van der Waals surface area (Å²) < 4.78 is 5.51. The Labute approximate surface area is 168 Å². The molecular weight excluding hydrogens is 366 g/mol. The number of hydrogen-bond donors (Lipinski definition) is 1. The molecule has 0 aromatic carbocycles. The highest BCUT2D eigenvalue weighted by molar-refractivity contribution is 5.92. The highest BCUT2D eigenvalue weighted by Crippen LogP contribution is 2.48. The van der Waals surface area contributed by atoms with E-state index in [4.69, 9.17) is 9.72 Å². The Balaban J connectivity index is 1.25. The monoisotopic (exact) mass is 389 g/mol. The van der Waals surface area contributed by atoms with Gasteiger partial charge in [-0.1, -0.05) is 0 Å². The van der Waals surface area contributed by atoms with Crippen LogP contribution in [0.15, 0.2) is 42.9 Å². The van der Waals surface area contributed by atoms with Crippen LogP contribution in [-0.2, 0) is 4.74 Å². The summed E-state index contributed by atoms with van der Waals surface area (Å²) in [6.45, 7) is 5.25. The van der Waals surface area contributed by atoms with Gasteiger partial charge in [0.25, 0.3) is 0 Å². The van der Waals surface area contributed by atoms with Crippen molar-refractivity contribution in [3.63, 3.8) is 0 Å². The van der Waals surface area contributed by atoms with E-state index in [0.717, 1.165) is 67.9 Å². The lowest BCUT2D eigenvalue weighted by Crippen LogP contribution is -2.37. The number of fused-ring (bicyclic) bond motifs is 2. The molecule has 0 amide bonds. The molecule has 29 heavy (non-hydrogen) atoms. The third kappa shape index (κ3) is 3.04. The largest absolute Gasteiger partial charge is 0.378 e. The van der Waals surface area contributed by atoms with E-state index in [-0.39, 0.29) is 0 Å². The number of aromatic nitrogens is 4. The van der Waals surface area contributed by atoms with Crippen molar-refractivity contribution in [2.45, 2.75) is 6.04 Å². The smallest absolute Gasteiger partial charge is 0.222 e. The Kier molecular flexibility index (Phi) is 3.97. The van der Waals surface area contributed by atoms with Gasteiger partial charge in [0.1, 0.15) is 11.6 Å². The van der Waals surface area contributed by atoms with Crippen molar-refractivity contribution in [1.82, 2.24) is 19.9 Å². The number of nitrogens with one attached hydrogen (secondary N) is 1. The quantitative estimate of drug-likeness (QED) is 0.724. The molecule has 2 aliphatic heterocycles. The lowest BCUT2D eigenvalue weighted by molar-refractivity contribution is 0.122. The minimum absolute atomic E-state index is 0.459. The molecule has 0 spiro atoms. The molecule has 0 bridgehead atoms. The van der Waals surface area contributed by atoms with Crippen LogP contribution in [0.4, 0.5) is 17.6 Å². The molecule has 1 N–H and O–H groups in total. The van der Waals surface area contributed by atoms with Gasteiger partial charge in [-0.15, -0.1) is 0 Å². The van der Waals surface area contributed by atoms with Crippen LogP contribution in [0.25, 0.3) is 10.9 Å². The molecule has 3 atom stereocenters. The first-order valence-electron chi connectivity index (χ1n) is 10.2. The maximum atomic E-state index is 5.51. The van der Waals surface area contributed by atoms with Crippen LogP contribution in [0.1, 0.15) is 0 Å². The summed E-state index contributed by atoms with van der Waals surface area (Å²) in [4.78, 5) is 23.0. The molecule has 0 radical (unpaired) electrons. The van der Waals surface area contributed by atoms with Crippen LogP contribution in [-0.4, -0.2) is 65.4 Å². The third-order valence-electron chi connectivity index (χ3n) is 6.26. The number of pyridine rings is 2. The number of ether oxygens (including phenoxy) is 1. The van der Waals surface area contributed by atoms with Crippen LogP contribution in [0.5, 0.6) is 0 Å². The van der Waals surface area contributed by atoms with E-state index in [1.165, 1.54) is 0 Å². The molecular formula is C21H23N7O. The van der Waals surface area contributed by atoms with Gasteiger partial charge in [0.2, 0.25) is 5.95 Å². The van der Waals surface area contributed by atoms with Crippen LogP contribution < -0.4 is 15.1 Å². The van der Waals surface area contributed by atoms with Crippen LogP contribution in [0.3, 0.4) is 0 Å². The normalized spacial score (nSPS) is 25.9. The molecule has 3 aliphatic rings. The summed E-state index contributed by atoms with van der Waals surface area (Å²) in [6, 6.07) is 8.53. The Morgan fingerprint density at radius 2 is 1.69 bits per heavy atom. The minimum Gasteiger partial charge on any atom is -0.378 e. The maximum Gasteiger partial charge on any atom is 0.222 e. The molecule has 8 heteroatoms. The number of nitrogens with zero attached hydrogens (tertiary/aromatic N) is 6. The van der Waals surface area contributed by atoms with E-state index in [0.29, 0.717) is 17.9 Å². The zero-order valence-corrected chi connectivity index (χ0v) is 16.1. The van der Waals surface area contributed by atoms with E-state index in [1.54, 1.807) is 12.4 Å². The standard InChI is InChI=1S/C21H23N7O/c1-3-14-17(22-4-1)11-18(27-7-9-29-10-8-27)25-20(14)28-12-15-16(13-28)19(15)26-21-23-5-2-6-24-21/h1-6,11,15-16,19H,7-10,12-13H2,(H,23,24,26)/t15-,16+,19+. The Hall–Kier alpha value is -3.00. The summed E-state index contributed by atoms with van der Waals surface area (Å²) >= 11 is 0. The fourth-order valence-electron chi connectivity index (χ4n) is 4.68. The van der Waals surface area contributed by atoms with Gasteiger partial charge in [0.15, 0.2) is 0 Å². The lowest BCUT2D eigenvalue weighted by Gasteiger charge is -2.30. The molecule has 5 heterocycles. The predicted molar refractivity (Wildman–Crippen MR) is 111 cm³/mol. The SMILES string of the molecule is c1cnc(N[C@H]2[C@@H]3CN(c4nc(N5CCOCC5)cc5ncccc45)C[C@@H]32)nc1. The molecule has 2 saturated heterocycles. The van der Waals surface area contributed by atoms with E-state index in [2.05, 4.69) is 42.2 Å². The first kappa shape index (κ1) is 16.9. The Morgan fingerprint density at radius 3 is 2.48 bits per heavy atom. The van der Waals surface area contributed by atoms with Gasteiger partial charge in [-0.05, 0) is 18.2 Å². The van der Waals surface area contributed by atoms with Crippen molar-refractivity contribution in [3.8, 4) is 0 Å². The average Bonchev–Trinajstić information content (AvgIpc) is 3.21. The second-order valence-electron chi connectivity index (χ2n) is 7.95. The summed E-state index contributed by atoms with van der Waals surface area (Å²) in [7, 11) is 0. The highest BCUT2D eigenvalue weighted by atomic mass is 16.5. The number of rotatable bonds is 4. The molecule has 3 aromatic heterocycles. The first-order valence-corrected chi connectivity index (χ1v) is 10.2. The molecule has 3 fully saturated rings. The van der Waals surface area contributed by atoms with Gasteiger partial charge in [-0.25, -0.2) is 15.0 Å². The van der Waals surface area contributed by atoms with Crippen molar-refractivity contribution in [1.29, 1.82) is 0 Å². The number of anilines is 3. The minimum atomic E-state index is 0.459. The van der Waals surface area contributed by atoms with Crippen LogP contribution >= 0.6 is 0 Å². The molecule has 148 valence electrons. The predicted octanol–water partition coefficient (Wildman–Crippen LogP) is 1.80. The fourth-order valence-corrected chi connectivity index (χ4v) is 4.68. The molecule has 1 aliphatic carbocycles.